The van der Waals surface area contributed by atoms with Crippen LogP contribution in [0.4, 0.5) is 4.79 Å². The Kier molecular flexibility index (Phi) is 4.44. The van der Waals surface area contributed by atoms with Gasteiger partial charge in [-0.25, -0.2) is 4.79 Å². The highest BCUT2D eigenvalue weighted by Gasteiger charge is 2.33. The second-order valence-corrected chi connectivity index (χ2v) is 5.41. The Morgan fingerprint density at radius 1 is 1.22 bits per heavy atom. The third kappa shape index (κ3) is 3.89. The molecule has 0 spiro atoms. The van der Waals surface area contributed by atoms with Crippen molar-refractivity contribution in [2.24, 2.45) is 5.92 Å². The quantitative estimate of drug-likeness (QED) is 0.681. The number of aliphatic carboxylic acids is 1. The van der Waals surface area contributed by atoms with E-state index in [2.05, 4.69) is 5.32 Å². The van der Waals surface area contributed by atoms with Crippen LogP contribution >= 0.6 is 0 Å². The Hall–Kier alpha value is -1.26. The van der Waals surface area contributed by atoms with Crippen molar-refractivity contribution < 1.29 is 14.7 Å². The predicted octanol–water partition coefficient (Wildman–Crippen LogP) is 1.83. The van der Waals surface area contributed by atoms with Gasteiger partial charge >= 0.3 is 12.0 Å². The highest BCUT2D eigenvalue weighted by atomic mass is 16.4. The van der Waals surface area contributed by atoms with E-state index in [4.69, 9.17) is 5.11 Å². The van der Waals surface area contributed by atoms with E-state index < -0.39 is 5.97 Å². The van der Waals surface area contributed by atoms with Crippen molar-refractivity contribution in [2.75, 3.05) is 13.1 Å². The zero-order valence-electron chi connectivity index (χ0n) is 10.7. The van der Waals surface area contributed by atoms with Crippen molar-refractivity contribution >= 4 is 12.0 Å². The van der Waals surface area contributed by atoms with Crippen molar-refractivity contribution in [3.05, 3.63) is 0 Å². The predicted molar refractivity (Wildman–Crippen MR) is 67.3 cm³/mol. The number of hydrogen-bond acceptors (Lipinski definition) is 2. The van der Waals surface area contributed by atoms with Gasteiger partial charge in [-0.2, -0.15) is 0 Å². The molecule has 0 bridgehead atoms. The molecule has 2 saturated carbocycles. The first-order valence-corrected chi connectivity index (χ1v) is 6.93. The van der Waals surface area contributed by atoms with Crippen LogP contribution in [0.1, 0.15) is 44.9 Å². The second-order valence-electron chi connectivity index (χ2n) is 5.41. The van der Waals surface area contributed by atoms with E-state index in [1.807, 2.05) is 4.90 Å². The zero-order chi connectivity index (χ0) is 13.0. The molecule has 0 aromatic rings. The number of hydrogen-bond donors (Lipinski definition) is 2. The summed E-state index contributed by atoms with van der Waals surface area (Å²) in [5, 5.41) is 11.4. The fourth-order valence-corrected chi connectivity index (χ4v) is 2.21. The fourth-order valence-electron chi connectivity index (χ4n) is 2.21. The maximum atomic E-state index is 12.1. The summed E-state index contributed by atoms with van der Waals surface area (Å²) < 4.78 is 0. The number of amides is 2. The summed E-state index contributed by atoms with van der Waals surface area (Å²) in [6.07, 6.45) is 6.57. The molecule has 0 saturated heterocycles. The molecule has 2 N–H and O–H groups in total. The Morgan fingerprint density at radius 2 is 1.94 bits per heavy atom. The molecule has 2 amide bonds. The zero-order valence-corrected chi connectivity index (χ0v) is 10.7. The summed E-state index contributed by atoms with van der Waals surface area (Å²) in [6.45, 7) is 1.34. The molecule has 0 aromatic carbocycles. The van der Waals surface area contributed by atoms with Crippen LogP contribution in [0, 0.1) is 5.92 Å². The topological polar surface area (TPSA) is 69.6 Å². The summed E-state index contributed by atoms with van der Waals surface area (Å²) >= 11 is 0. The largest absolute Gasteiger partial charge is 0.481 e. The molecule has 18 heavy (non-hydrogen) atoms. The minimum Gasteiger partial charge on any atom is -0.481 e. The molecule has 2 rings (SSSR count). The first-order chi connectivity index (χ1) is 8.66. The lowest BCUT2D eigenvalue weighted by Gasteiger charge is -2.37. The van der Waals surface area contributed by atoms with Gasteiger partial charge in [-0.15, -0.1) is 0 Å². The molecular weight excluding hydrogens is 232 g/mol. The number of carbonyl (C=O) groups excluding carboxylic acids is 1. The number of carbonyl (C=O) groups is 2. The van der Waals surface area contributed by atoms with Gasteiger partial charge < -0.3 is 15.3 Å². The standard InChI is InChI=1S/C13H22N2O3/c16-12(17)5-2-8-14-13(18)15(9-10-6-7-10)11-3-1-4-11/h10-11H,1-9H2,(H,14,18)(H,16,17). The van der Waals surface area contributed by atoms with Crippen LogP contribution in [-0.4, -0.2) is 41.1 Å². The maximum Gasteiger partial charge on any atom is 0.317 e. The van der Waals surface area contributed by atoms with Gasteiger partial charge in [-0.3, -0.25) is 4.79 Å². The molecule has 2 aliphatic carbocycles. The SMILES string of the molecule is O=C(O)CCCNC(=O)N(CC1CC1)C1CCC1. The van der Waals surface area contributed by atoms with Gasteiger partial charge in [-0.05, 0) is 44.4 Å². The van der Waals surface area contributed by atoms with E-state index in [1.54, 1.807) is 0 Å². The number of nitrogens with zero attached hydrogens (tertiary/aromatic N) is 1. The Labute approximate surface area is 108 Å². The smallest absolute Gasteiger partial charge is 0.317 e. The second kappa shape index (κ2) is 6.07. The third-order valence-electron chi connectivity index (χ3n) is 3.77. The molecule has 0 aromatic heterocycles. The molecule has 2 fully saturated rings. The number of carboxylic acids is 1. The van der Waals surface area contributed by atoms with Crippen LogP contribution in [-0.2, 0) is 4.79 Å². The Bertz CT molecular complexity index is 311. The van der Waals surface area contributed by atoms with Crippen molar-refractivity contribution in [3.63, 3.8) is 0 Å². The summed E-state index contributed by atoms with van der Waals surface area (Å²) in [6, 6.07) is 0.419. The van der Waals surface area contributed by atoms with Crippen LogP contribution in [0.2, 0.25) is 0 Å². The van der Waals surface area contributed by atoms with Crippen molar-refractivity contribution in [1.82, 2.24) is 10.2 Å². The summed E-state index contributed by atoms with van der Waals surface area (Å²) in [5.74, 6) is -0.103. The Morgan fingerprint density at radius 3 is 2.44 bits per heavy atom. The van der Waals surface area contributed by atoms with E-state index in [0.717, 1.165) is 19.4 Å². The molecule has 2 aliphatic rings. The highest BCUT2D eigenvalue weighted by Crippen LogP contribution is 2.33. The summed E-state index contributed by atoms with van der Waals surface area (Å²) in [4.78, 5) is 24.4. The van der Waals surface area contributed by atoms with Gasteiger partial charge in [0.15, 0.2) is 0 Å². The minimum atomic E-state index is -0.807. The van der Waals surface area contributed by atoms with Gasteiger partial charge in [0.2, 0.25) is 0 Å². The fraction of sp³-hybridized carbons (Fsp3) is 0.846. The minimum absolute atomic E-state index is 0.00279. The van der Waals surface area contributed by atoms with Crippen molar-refractivity contribution in [2.45, 2.75) is 51.0 Å². The van der Waals surface area contributed by atoms with Crippen molar-refractivity contribution in [3.8, 4) is 0 Å². The molecule has 0 atom stereocenters. The van der Waals surface area contributed by atoms with Crippen LogP contribution < -0.4 is 5.32 Å². The van der Waals surface area contributed by atoms with E-state index in [9.17, 15) is 9.59 Å². The van der Waals surface area contributed by atoms with Crippen LogP contribution in [0.25, 0.3) is 0 Å². The Balaban J connectivity index is 1.70. The normalized spacial score (nSPS) is 19.1. The molecule has 0 heterocycles. The monoisotopic (exact) mass is 254 g/mol. The summed E-state index contributed by atoms with van der Waals surface area (Å²) in [5.41, 5.74) is 0. The first-order valence-electron chi connectivity index (χ1n) is 6.93. The van der Waals surface area contributed by atoms with Crippen molar-refractivity contribution in [1.29, 1.82) is 0 Å². The lowest BCUT2D eigenvalue weighted by Crippen LogP contribution is -2.50. The average molecular weight is 254 g/mol. The van der Waals surface area contributed by atoms with Crippen LogP contribution in [0.3, 0.4) is 0 Å². The summed E-state index contributed by atoms with van der Waals surface area (Å²) in [7, 11) is 0. The molecule has 0 radical (unpaired) electrons. The van der Waals surface area contributed by atoms with Gasteiger partial charge in [0.05, 0.1) is 0 Å². The molecule has 0 aliphatic heterocycles. The first kappa shape index (κ1) is 13.2. The van der Waals surface area contributed by atoms with Gasteiger partial charge in [0.1, 0.15) is 0 Å². The van der Waals surface area contributed by atoms with Crippen LogP contribution in [0.5, 0.6) is 0 Å². The average Bonchev–Trinajstić information content (AvgIpc) is 3.04. The molecule has 5 heteroatoms. The highest BCUT2D eigenvalue weighted by molar-refractivity contribution is 5.74. The van der Waals surface area contributed by atoms with E-state index in [-0.39, 0.29) is 12.5 Å². The molecular formula is C13H22N2O3. The van der Waals surface area contributed by atoms with Gasteiger partial charge in [0.25, 0.3) is 0 Å². The van der Waals surface area contributed by atoms with Gasteiger partial charge in [0, 0.05) is 25.6 Å². The maximum absolute atomic E-state index is 12.1. The lowest BCUT2D eigenvalue weighted by atomic mass is 9.91. The van der Waals surface area contributed by atoms with Crippen LogP contribution in [0.15, 0.2) is 0 Å². The molecule has 5 nitrogen and oxygen atoms in total. The molecule has 0 unspecified atom stereocenters. The molecule has 102 valence electrons. The van der Waals surface area contributed by atoms with E-state index in [1.165, 1.54) is 19.3 Å². The van der Waals surface area contributed by atoms with E-state index >= 15 is 0 Å². The lowest BCUT2D eigenvalue weighted by molar-refractivity contribution is -0.137. The number of rotatable bonds is 7. The van der Waals surface area contributed by atoms with E-state index in [0.29, 0.717) is 24.9 Å². The number of nitrogens with one attached hydrogen (secondary N) is 1. The van der Waals surface area contributed by atoms with Gasteiger partial charge in [-0.1, -0.05) is 0 Å². The number of carboxylic acid groups (broad SMARTS) is 1. The number of urea groups is 1. The third-order valence-corrected chi connectivity index (χ3v) is 3.77.